The zero-order chi connectivity index (χ0) is 28.7. The topological polar surface area (TPSA) is 128 Å². The van der Waals surface area contributed by atoms with Crippen molar-refractivity contribution in [2.24, 2.45) is 33.7 Å². The summed E-state index contributed by atoms with van der Waals surface area (Å²) in [6.45, 7) is 4.13. The molecule has 0 spiro atoms. The van der Waals surface area contributed by atoms with Gasteiger partial charge in [0.25, 0.3) is 5.91 Å². The van der Waals surface area contributed by atoms with Gasteiger partial charge in [-0.3, -0.25) is 4.79 Å². The first kappa shape index (κ1) is 28.4. The van der Waals surface area contributed by atoms with E-state index in [2.05, 4.69) is 36.3 Å². The van der Waals surface area contributed by atoms with Crippen LogP contribution in [0.3, 0.4) is 0 Å². The van der Waals surface area contributed by atoms with E-state index in [1.165, 1.54) is 5.57 Å². The number of oxime groups is 1. The number of hydrogen-bond donors (Lipinski definition) is 4. The predicted molar refractivity (Wildman–Crippen MR) is 150 cm³/mol. The van der Waals surface area contributed by atoms with Crippen LogP contribution in [0.15, 0.2) is 47.1 Å². The van der Waals surface area contributed by atoms with Gasteiger partial charge in [-0.2, -0.15) is 0 Å². The highest BCUT2D eigenvalue weighted by Crippen LogP contribution is 2.67. The standard InChI is InChI=1S/C32H40N2O6/c1-4-32(39)17-14-25-23-11-10-21-18-22(12-15-30(21,2)24(23)13-16-31(25,32)3)34-40-19-26(35)33-27(29(37)38)28(36)20-8-6-5-7-9-20/h1,5-9,18,23-25,27-28,36,39H,10-17,19H2,2-3H3,(H,33,35)(H,37,38). The molecule has 0 aliphatic heterocycles. The van der Waals surface area contributed by atoms with E-state index in [1.54, 1.807) is 30.3 Å². The molecule has 0 radical (unpaired) electrons. The van der Waals surface area contributed by atoms with Crippen LogP contribution in [0.1, 0.15) is 76.9 Å². The highest BCUT2D eigenvalue weighted by atomic mass is 16.6. The van der Waals surface area contributed by atoms with Gasteiger partial charge in [-0.15, -0.1) is 6.42 Å². The molecule has 1 aromatic carbocycles. The second kappa shape index (κ2) is 10.7. The van der Waals surface area contributed by atoms with Gasteiger partial charge < -0.3 is 25.5 Å². The summed E-state index contributed by atoms with van der Waals surface area (Å²) < 4.78 is 0. The Morgan fingerprint density at radius 3 is 2.55 bits per heavy atom. The summed E-state index contributed by atoms with van der Waals surface area (Å²) in [4.78, 5) is 29.5. The second-order valence-corrected chi connectivity index (χ2v) is 12.6. The van der Waals surface area contributed by atoms with Crippen LogP contribution in [-0.2, 0) is 14.4 Å². The molecule has 4 aliphatic carbocycles. The van der Waals surface area contributed by atoms with Gasteiger partial charge in [-0.1, -0.05) is 60.8 Å². The molecule has 214 valence electrons. The molecule has 8 heteroatoms. The number of carbonyl (C=O) groups is 2. The lowest BCUT2D eigenvalue weighted by atomic mass is 9.46. The SMILES string of the molecule is C#CC1(O)CCC2C3CCC4=CC(=NOCC(=O)NC(C(=O)O)C(O)c5ccccc5)CCC4(C)C3CCC21C. The summed E-state index contributed by atoms with van der Waals surface area (Å²) in [5.41, 5.74) is 1.40. The molecule has 8 nitrogen and oxygen atoms in total. The van der Waals surface area contributed by atoms with Crippen molar-refractivity contribution in [2.75, 3.05) is 6.61 Å². The maximum atomic E-state index is 12.4. The van der Waals surface area contributed by atoms with Gasteiger partial charge in [0.15, 0.2) is 12.6 Å². The summed E-state index contributed by atoms with van der Waals surface area (Å²) in [5.74, 6) is 2.27. The lowest BCUT2D eigenvalue weighted by molar-refractivity contribution is -0.146. The van der Waals surface area contributed by atoms with E-state index in [0.717, 1.165) is 50.7 Å². The first-order valence-corrected chi connectivity index (χ1v) is 14.4. The Labute approximate surface area is 235 Å². The molecule has 5 rings (SSSR count). The number of nitrogens with one attached hydrogen (secondary N) is 1. The first-order chi connectivity index (χ1) is 19.0. The molecule has 4 aliphatic rings. The monoisotopic (exact) mass is 548 g/mol. The summed E-state index contributed by atoms with van der Waals surface area (Å²) >= 11 is 0. The molecule has 0 heterocycles. The van der Waals surface area contributed by atoms with Gasteiger partial charge in [-0.25, -0.2) is 4.79 Å². The van der Waals surface area contributed by atoms with Gasteiger partial charge in [0.2, 0.25) is 0 Å². The molecule has 0 saturated heterocycles. The minimum atomic E-state index is -1.51. The fraction of sp³-hybridized carbons (Fsp3) is 0.594. The molecule has 8 unspecified atom stereocenters. The van der Waals surface area contributed by atoms with E-state index in [4.69, 9.17) is 11.3 Å². The zero-order valence-electron chi connectivity index (χ0n) is 23.3. The number of rotatable bonds is 7. The Morgan fingerprint density at radius 2 is 1.85 bits per heavy atom. The molecule has 1 amide bonds. The summed E-state index contributed by atoms with van der Waals surface area (Å²) in [5, 5.41) is 37.7. The number of carbonyl (C=O) groups excluding carboxylic acids is 1. The fourth-order valence-corrected chi connectivity index (χ4v) is 8.40. The van der Waals surface area contributed by atoms with Crippen LogP contribution in [0.4, 0.5) is 0 Å². The molecular formula is C32H40N2O6. The normalized spacial score (nSPS) is 37.1. The minimum Gasteiger partial charge on any atom is -0.480 e. The highest BCUT2D eigenvalue weighted by molar-refractivity contribution is 5.96. The molecule has 3 fully saturated rings. The van der Waals surface area contributed by atoms with Crippen LogP contribution in [-0.4, -0.2) is 51.2 Å². The van der Waals surface area contributed by atoms with E-state index in [0.29, 0.717) is 29.7 Å². The molecule has 0 aromatic heterocycles. The Kier molecular flexibility index (Phi) is 7.58. The number of fused-ring (bicyclic) bond motifs is 5. The van der Waals surface area contributed by atoms with Crippen molar-refractivity contribution in [1.82, 2.24) is 5.32 Å². The van der Waals surface area contributed by atoms with Gasteiger partial charge in [0.1, 0.15) is 11.7 Å². The molecule has 8 atom stereocenters. The van der Waals surface area contributed by atoms with E-state index in [-0.39, 0.29) is 10.8 Å². The number of benzene rings is 1. The molecule has 0 bridgehead atoms. The zero-order valence-corrected chi connectivity index (χ0v) is 23.3. The lowest BCUT2D eigenvalue weighted by Gasteiger charge is -2.58. The quantitative estimate of drug-likeness (QED) is 0.301. The van der Waals surface area contributed by atoms with Crippen LogP contribution in [0.5, 0.6) is 0 Å². The first-order valence-electron chi connectivity index (χ1n) is 14.4. The Balaban J connectivity index is 1.21. The third-order valence-electron chi connectivity index (χ3n) is 10.8. The van der Waals surface area contributed by atoms with Crippen molar-refractivity contribution in [1.29, 1.82) is 0 Å². The van der Waals surface area contributed by atoms with Crippen molar-refractivity contribution in [3.63, 3.8) is 0 Å². The summed E-state index contributed by atoms with van der Waals surface area (Å²) in [7, 11) is 0. The largest absolute Gasteiger partial charge is 0.480 e. The van der Waals surface area contributed by atoms with Crippen LogP contribution < -0.4 is 5.32 Å². The molecular weight excluding hydrogens is 508 g/mol. The van der Waals surface area contributed by atoms with Crippen molar-refractivity contribution in [2.45, 2.75) is 83.0 Å². The molecule has 4 N–H and O–H groups in total. The van der Waals surface area contributed by atoms with Crippen molar-refractivity contribution < 1.29 is 29.7 Å². The number of amides is 1. The van der Waals surface area contributed by atoms with Crippen LogP contribution in [0.25, 0.3) is 0 Å². The number of terminal acetylenes is 1. The highest BCUT2D eigenvalue weighted by Gasteiger charge is 2.63. The van der Waals surface area contributed by atoms with Gasteiger partial charge >= 0.3 is 5.97 Å². The van der Waals surface area contributed by atoms with Crippen molar-refractivity contribution in [3.05, 3.63) is 47.5 Å². The van der Waals surface area contributed by atoms with Crippen molar-refractivity contribution in [3.8, 4) is 12.3 Å². The number of aliphatic carboxylic acids is 1. The van der Waals surface area contributed by atoms with Gasteiger partial charge in [0, 0.05) is 5.41 Å². The van der Waals surface area contributed by atoms with Gasteiger partial charge in [0.05, 0.1) is 5.71 Å². The third-order valence-corrected chi connectivity index (χ3v) is 10.8. The van der Waals surface area contributed by atoms with Crippen LogP contribution in [0.2, 0.25) is 0 Å². The smallest absolute Gasteiger partial charge is 0.329 e. The second-order valence-electron chi connectivity index (χ2n) is 12.6. The van der Waals surface area contributed by atoms with Crippen molar-refractivity contribution >= 4 is 17.6 Å². The number of nitrogens with zero attached hydrogens (tertiary/aromatic N) is 1. The van der Waals surface area contributed by atoms with Crippen LogP contribution in [0, 0.1) is 40.9 Å². The van der Waals surface area contributed by atoms with E-state index in [1.807, 2.05) is 0 Å². The van der Waals surface area contributed by atoms with Crippen LogP contribution >= 0.6 is 0 Å². The lowest BCUT2D eigenvalue weighted by Crippen LogP contribution is -2.54. The van der Waals surface area contributed by atoms with E-state index >= 15 is 0 Å². The number of aliphatic hydroxyl groups excluding tert-OH is 1. The Morgan fingerprint density at radius 1 is 1.12 bits per heavy atom. The van der Waals surface area contributed by atoms with E-state index in [9.17, 15) is 24.9 Å². The average molecular weight is 549 g/mol. The summed E-state index contributed by atoms with van der Waals surface area (Å²) in [6.07, 6.45) is 13.9. The fourth-order valence-electron chi connectivity index (χ4n) is 8.40. The molecule has 40 heavy (non-hydrogen) atoms. The number of aliphatic hydroxyl groups is 2. The number of carboxylic acids is 1. The molecule has 1 aromatic rings. The third kappa shape index (κ3) is 4.73. The minimum absolute atomic E-state index is 0.0692. The number of hydrogen-bond acceptors (Lipinski definition) is 6. The Hall–Kier alpha value is -3.15. The van der Waals surface area contributed by atoms with Gasteiger partial charge in [-0.05, 0) is 86.2 Å². The number of carboxylic acid groups (broad SMARTS) is 1. The maximum Gasteiger partial charge on any atom is 0.329 e. The van der Waals surface area contributed by atoms with E-state index < -0.39 is 36.2 Å². The maximum absolute atomic E-state index is 12.4. The molecule has 3 saturated carbocycles. The predicted octanol–water partition coefficient (Wildman–Crippen LogP) is 3.99. The average Bonchev–Trinajstić information content (AvgIpc) is 3.22. The Bertz CT molecular complexity index is 1250. The summed E-state index contributed by atoms with van der Waals surface area (Å²) in [6, 6.07) is 6.83. The number of allylic oxidation sites excluding steroid dienone is 2.